The largest absolute Gasteiger partial charge is 0.491 e. The van der Waals surface area contributed by atoms with Crippen molar-refractivity contribution in [1.82, 2.24) is 5.32 Å². The molecule has 0 aliphatic carbocycles. The van der Waals surface area contributed by atoms with Gasteiger partial charge in [0, 0.05) is 12.2 Å². The molecule has 3 aromatic rings. The van der Waals surface area contributed by atoms with E-state index in [4.69, 9.17) is 13.9 Å². The Morgan fingerprint density at radius 3 is 2.74 bits per heavy atom. The second-order valence-corrected chi connectivity index (χ2v) is 7.24. The Kier molecular flexibility index (Phi) is 6.64. The number of rotatable bonds is 8. The van der Waals surface area contributed by atoms with Gasteiger partial charge in [-0.15, -0.1) is 0 Å². The van der Waals surface area contributed by atoms with Gasteiger partial charge >= 0.3 is 0 Å². The lowest BCUT2D eigenvalue weighted by molar-refractivity contribution is 0.0679. The number of amides is 2. The summed E-state index contributed by atoms with van der Waals surface area (Å²) in [6.45, 7) is 1.49. The molecule has 160 valence electrons. The van der Waals surface area contributed by atoms with E-state index < -0.39 is 0 Å². The second kappa shape index (κ2) is 9.95. The predicted molar refractivity (Wildman–Crippen MR) is 115 cm³/mol. The number of anilines is 1. The van der Waals surface area contributed by atoms with Crippen molar-refractivity contribution in [2.75, 3.05) is 18.5 Å². The molecule has 1 unspecified atom stereocenters. The number of para-hydroxylation sites is 1. The van der Waals surface area contributed by atoms with E-state index in [-0.39, 0.29) is 24.5 Å². The maximum absolute atomic E-state index is 12.8. The summed E-state index contributed by atoms with van der Waals surface area (Å²) in [7, 11) is 0. The summed E-state index contributed by atoms with van der Waals surface area (Å²) < 4.78 is 16.6. The third kappa shape index (κ3) is 5.52. The van der Waals surface area contributed by atoms with Gasteiger partial charge in [-0.25, -0.2) is 0 Å². The molecule has 4 rings (SSSR count). The lowest BCUT2D eigenvalue weighted by Gasteiger charge is -2.13. The first-order chi connectivity index (χ1) is 15.2. The van der Waals surface area contributed by atoms with Crippen molar-refractivity contribution in [2.24, 2.45) is 0 Å². The van der Waals surface area contributed by atoms with Gasteiger partial charge in [0.1, 0.15) is 18.1 Å². The molecule has 1 aromatic heterocycles. The molecule has 0 radical (unpaired) electrons. The van der Waals surface area contributed by atoms with Crippen LogP contribution in [-0.4, -0.2) is 31.1 Å². The molecule has 2 N–H and O–H groups in total. The zero-order valence-electron chi connectivity index (χ0n) is 17.0. The third-order valence-corrected chi connectivity index (χ3v) is 4.98. The van der Waals surface area contributed by atoms with Crippen molar-refractivity contribution in [3.8, 4) is 5.75 Å². The number of carbonyl (C=O) groups is 2. The summed E-state index contributed by atoms with van der Waals surface area (Å²) in [5.74, 6) is 0.622. The normalized spacial score (nSPS) is 15.4. The standard InChI is InChI=1S/C24H24N2O5/c27-23(17-6-3-7-18(14-17)31-16-20-9-5-13-30-20)26-22-11-2-1-10-21(22)24(28)25-15-19-8-4-12-29-19/h1-4,6-8,10-12,14,20H,5,9,13,15-16H2,(H,25,28)(H,26,27). The Balaban J connectivity index is 1.40. The van der Waals surface area contributed by atoms with E-state index in [0.29, 0.717) is 34.9 Å². The van der Waals surface area contributed by atoms with Crippen molar-refractivity contribution >= 4 is 17.5 Å². The van der Waals surface area contributed by atoms with Gasteiger partial charge in [-0.3, -0.25) is 9.59 Å². The lowest BCUT2D eigenvalue weighted by atomic mass is 10.1. The van der Waals surface area contributed by atoms with Crippen molar-refractivity contribution in [1.29, 1.82) is 0 Å². The summed E-state index contributed by atoms with van der Waals surface area (Å²) in [6.07, 6.45) is 3.68. The van der Waals surface area contributed by atoms with Crippen LogP contribution in [0.4, 0.5) is 5.69 Å². The molecule has 2 heterocycles. The lowest BCUT2D eigenvalue weighted by Crippen LogP contribution is -2.24. The molecule has 0 spiro atoms. The Hall–Kier alpha value is -3.58. The molecule has 1 aliphatic rings. The molecule has 1 saturated heterocycles. The fourth-order valence-corrected chi connectivity index (χ4v) is 3.35. The molecule has 1 aliphatic heterocycles. The summed E-state index contributed by atoms with van der Waals surface area (Å²) in [6, 6.07) is 17.4. The summed E-state index contributed by atoms with van der Waals surface area (Å²) >= 11 is 0. The molecule has 2 aromatic carbocycles. The molecule has 1 atom stereocenters. The van der Waals surface area contributed by atoms with Crippen LogP contribution >= 0.6 is 0 Å². The maximum Gasteiger partial charge on any atom is 0.255 e. The number of hydrogen-bond donors (Lipinski definition) is 2. The fraction of sp³-hybridized carbons (Fsp3) is 0.250. The van der Waals surface area contributed by atoms with Crippen molar-refractivity contribution < 1.29 is 23.5 Å². The zero-order valence-corrected chi connectivity index (χ0v) is 17.0. The average Bonchev–Trinajstić information content (AvgIpc) is 3.51. The van der Waals surface area contributed by atoms with Crippen LogP contribution in [0.5, 0.6) is 5.75 Å². The van der Waals surface area contributed by atoms with Crippen LogP contribution in [0.3, 0.4) is 0 Å². The summed E-state index contributed by atoms with van der Waals surface area (Å²) in [5.41, 5.74) is 1.24. The second-order valence-electron chi connectivity index (χ2n) is 7.24. The highest BCUT2D eigenvalue weighted by Crippen LogP contribution is 2.20. The Morgan fingerprint density at radius 2 is 1.94 bits per heavy atom. The molecule has 2 amide bonds. The van der Waals surface area contributed by atoms with Gasteiger partial charge in [-0.05, 0) is 55.3 Å². The topological polar surface area (TPSA) is 89.8 Å². The van der Waals surface area contributed by atoms with Crippen molar-refractivity contribution in [2.45, 2.75) is 25.5 Å². The monoisotopic (exact) mass is 420 g/mol. The molecule has 0 saturated carbocycles. The highest BCUT2D eigenvalue weighted by atomic mass is 16.5. The maximum atomic E-state index is 12.8. The van der Waals surface area contributed by atoms with Gasteiger partial charge < -0.3 is 24.5 Å². The number of carbonyl (C=O) groups excluding carboxylic acids is 2. The third-order valence-electron chi connectivity index (χ3n) is 4.98. The molecule has 7 nitrogen and oxygen atoms in total. The van der Waals surface area contributed by atoms with Crippen LogP contribution < -0.4 is 15.4 Å². The van der Waals surface area contributed by atoms with Gasteiger partial charge in [-0.2, -0.15) is 0 Å². The number of nitrogens with one attached hydrogen (secondary N) is 2. The molecule has 31 heavy (non-hydrogen) atoms. The SMILES string of the molecule is O=C(Nc1ccccc1C(=O)NCc1ccco1)c1cccc(OCC2CCCO2)c1. The van der Waals surface area contributed by atoms with Crippen LogP contribution in [0.2, 0.25) is 0 Å². The molecule has 7 heteroatoms. The first-order valence-corrected chi connectivity index (χ1v) is 10.2. The Morgan fingerprint density at radius 1 is 1.03 bits per heavy atom. The minimum absolute atomic E-state index is 0.101. The summed E-state index contributed by atoms with van der Waals surface area (Å²) in [4.78, 5) is 25.4. The molecule has 0 bridgehead atoms. The Bertz CT molecular complexity index is 1030. The van der Waals surface area contributed by atoms with E-state index >= 15 is 0 Å². The van der Waals surface area contributed by atoms with Gasteiger partial charge in [0.05, 0.1) is 30.2 Å². The van der Waals surface area contributed by atoms with Crippen LogP contribution in [0, 0.1) is 0 Å². The molecular formula is C24H24N2O5. The minimum atomic E-state index is -0.325. The highest BCUT2D eigenvalue weighted by Gasteiger charge is 2.17. The number of hydrogen-bond acceptors (Lipinski definition) is 5. The van der Waals surface area contributed by atoms with Gasteiger partial charge in [0.15, 0.2) is 0 Å². The first-order valence-electron chi connectivity index (χ1n) is 10.2. The van der Waals surface area contributed by atoms with Crippen LogP contribution in [0.25, 0.3) is 0 Å². The van der Waals surface area contributed by atoms with E-state index in [1.54, 1.807) is 60.9 Å². The smallest absolute Gasteiger partial charge is 0.255 e. The van der Waals surface area contributed by atoms with E-state index in [2.05, 4.69) is 10.6 Å². The minimum Gasteiger partial charge on any atom is -0.491 e. The summed E-state index contributed by atoms with van der Waals surface area (Å²) in [5, 5.41) is 5.61. The van der Waals surface area contributed by atoms with Crippen LogP contribution in [0.15, 0.2) is 71.3 Å². The molecular weight excluding hydrogens is 396 g/mol. The van der Waals surface area contributed by atoms with Crippen molar-refractivity contribution in [3.05, 3.63) is 83.8 Å². The molecule has 1 fully saturated rings. The quantitative estimate of drug-likeness (QED) is 0.575. The number of furan rings is 1. The van der Waals surface area contributed by atoms with Crippen LogP contribution in [-0.2, 0) is 11.3 Å². The first kappa shape index (κ1) is 20.7. The van der Waals surface area contributed by atoms with Crippen LogP contribution in [0.1, 0.15) is 39.3 Å². The van der Waals surface area contributed by atoms with Gasteiger partial charge in [0.2, 0.25) is 0 Å². The van der Waals surface area contributed by atoms with Crippen molar-refractivity contribution in [3.63, 3.8) is 0 Å². The van der Waals surface area contributed by atoms with E-state index in [0.717, 1.165) is 19.4 Å². The van der Waals surface area contributed by atoms with Gasteiger partial charge in [-0.1, -0.05) is 18.2 Å². The van der Waals surface area contributed by atoms with E-state index in [1.165, 1.54) is 0 Å². The predicted octanol–water partition coefficient (Wildman–Crippen LogP) is 4.02. The fourth-order valence-electron chi connectivity index (χ4n) is 3.35. The number of ether oxygens (including phenoxy) is 2. The Labute approximate surface area is 180 Å². The number of benzene rings is 2. The van der Waals surface area contributed by atoms with Gasteiger partial charge in [0.25, 0.3) is 11.8 Å². The average molecular weight is 420 g/mol. The van der Waals surface area contributed by atoms with E-state index in [1.807, 2.05) is 6.07 Å². The van der Waals surface area contributed by atoms with E-state index in [9.17, 15) is 9.59 Å². The zero-order chi connectivity index (χ0) is 21.5. The highest BCUT2D eigenvalue weighted by molar-refractivity contribution is 6.09.